The molecule has 6 nitrogen and oxygen atoms in total. The maximum Gasteiger partial charge on any atom is 0.244 e. The van der Waals surface area contributed by atoms with Gasteiger partial charge in [0.05, 0.1) is 11.6 Å². The number of hydrogen-bond donors (Lipinski definition) is 1. The Hall–Kier alpha value is -1.82. The lowest BCUT2D eigenvalue weighted by Crippen LogP contribution is -2.57. The molecule has 3 fully saturated rings. The van der Waals surface area contributed by atoms with E-state index in [1.165, 1.54) is 18.2 Å². The summed E-state index contributed by atoms with van der Waals surface area (Å²) in [5.74, 6) is 0.743. The van der Waals surface area contributed by atoms with Gasteiger partial charge in [-0.25, -0.2) is 13.1 Å². The second kappa shape index (κ2) is 8.13. The summed E-state index contributed by atoms with van der Waals surface area (Å²) in [4.78, 5) is 2.19. The molecule has 2 bridgehead atoms. The fourth-order valence-corrected chi connectivity index (χ4v) is 5.90. The number of piperidine rings is 3. The summed E-state index contributed by atoms with van der Waals surface area (Å²) >= 11 is 12.0. The van der Waals surface area contributed by atoms with Gasteiger partial charge in [0.1, 0.15) is 16.4 Å². The van der Waals surface area contributed by atoms with Gasteiger partial charge in [-0.3, -0.25) is 0 Å². The van der Waals surface area contributed by atoms with Crippen LogP contribution < -0.4 is 9.46 Å². The van der Waals surface area contributed by atoms with E-state index in [0.717, 1.165) is 25.9 Å². The number of rotatable bonds is 5. The SMILES string of the molecule is N#Cc1ccc(Oc2cc(Cl)cc(Cl)c2)c(S(=O)(=O)N[C@H]2CN3CCC2CC3)c1. The predicted molar refractivity (Wildman–Crippen MR) is 111 cm³/mol. The number of nitrogens with zero attached hydrogens (tertiary/aromatic N) is 2. The van der Waals surface area contributed by atoms with E-state index in [1.807, 2.05) is 6.07 Å². The van der Waals surface area contributed by atoms with Crippen LogP contribution in [-0.2, 0) is 10.0 Å². The van der Waals surface area contributed by atoms with Crippen molar-refractivity contribution in [1.29, 1.82) is 5.26 Å². The van der Waals surface area contributed by atoms with Gasteiger partial charge in [-0.1, -0.05) is 23.2 Å². The summed E-state index contributed by atoms with van der Waals surface area (Å²) in [6.45, 7) is 2.72. The van der Waals surface area contributed by atoms with Gasteiger partial charge in [-0.2, -0.15) is 5.26 Å². The number of sulfonamides is 1. The van der Waals surface area contributed by atoms with Crippen molar-refractivity contribution in [3.05, 3.63) is 52.0 Å². The van der Waals surface area contributed by atoms with E-state index >= 15 is 0 Å². The highest BCUT2D eigenvalue weighted by molar-refractivity contribution is 7.89. The highest BCUT2D eigenvalue weighted by atomic mass is 35.5. The number of nitrogens with one attached hydrogen (secondary N) is 1. The van der Waals surface area contributed by atoms with Crippen molar-refractivity contribution in [2.45, 2.75) is 23.8 Å². The lowest BCUT2D eigenvalue weighted by molar-refractivity contribution is 0.0827. The predicted octanol–water partition coefficient (Wildman–Crippen LogP) is 4.03. The molecule has 0 aliphatic carbocycles. The molecule has 3 aliphatic heterocycles. The van der Waals surface area contributed by atoms with Crippen LogP contribution in [0, 0.1) is 17.2 Å². The van der Waals surface area contributed by atoms with Gasteiger partial charge in [0.2, 0.25) is 10.0 Å². The van der Waals surface area contributed by atoms with Crippen LogP contribution in [0.25, 0.3) is 0 Å². The number of halogens is 2. The smallest absolute Gasteiger partial charge is 0.244 e. The van der Waals surface area contributed by atoms with Crippen LogP contribution in [0.2, 0.25) is 10.0 Å². The number of benzene rings is 2. The maximum atomic E-state index is 13.2. The summed E-state index contributed by atoms with van der Waals surface area (Å²) in [7, 11) is -3.90. The molecule has 2 aromatic carbocycles. The first-order valence-electron chi connectivity index (χ1n) is 9.27. The lowest BCUT2D eigenvalue weighted by Gasteiger charge is -2.44. The number of hydrogen-bond acceptors (Lipinski definition) is 5. The normalized spacial score (nSPS) is 23.6. The quantitative estimate of drug-likeness (QED) is 0.741. The van der Waals surface area contributed by atoms with Gasteiger partial charge in [0.15, 0.2) is 0 Å². The molecule has 0 aromatic heterocycles. The molecule has 3 heterocycles. The Morgan fingerprint density at radius 3 is 2.38 bits per heavy atom. The van der Waals surface area contributed by atoms with Crippen LogP contribution in [0.4, 0.5) is 0 Å². The Balaban J connectivity index is 1.66. The van der Waals surface area contributed by atoms with E-state index in [9.17, 15) is 13.7 Å². The minimum Gasteiger partial charge on any atom is -0.456 e. The van der Waals surface area contributed by atoms with Crippen LogP contribution in [0.3, 0.4) is 0 Å². The summed E-state index contributed by atoms with van der Waals surface area (Å²) in [6, 6.07) is 10.8. The fraction of sp³-hybridized carbons (Fsp3) is 0.350. The van der Waals surface area contributed by atoms with Gasteiger partial charge in [-0.05, 0) is 68.2 Å². The zero-order valence-electron chi connectivity index (χ0n) is 15.4. The van der Waals surface area contributed by atoms with Crippen molar-refractivity contribution in [3.63, 3.8) is 0 Å². The van der Waals surface area contributed by atoms with E-state index in [4.69, 9.17) is 27.9 Å². The van der Waals surface area contributed by atoms with Crippen molar-refractivity contribution >= 4 is 33.2 Å². The summed E-state index contributed by atoms with van der Waals surface area (Å²) in [6.07, 6.45) is 1.96. The fourth-order valence-electron chi connectivity index (χ4n) is 3.95. The maximum absolute atomic E-state index is 13.2. The molecular formula is C20H19Cl2N3O3S. The van der Waals surface area contributed by atoms with Crippen molar-refractivity contribution < 1.29 is 13.2 Å². The number of fused-ring (bicyclic) bond motifs is 3. The highest BCUT2D eigenvalue weighted by Crippen LogP contribution is 2.34. The third-order valence-electron chi connectivity index (χ3n) is 5.39. The van der Waals surface area contributed by atoms with Crippen LogP contribution >= 0.6 is 23.2 Å². The molecule has 0 radical (unpaired) electrons. The molecule has 29 heavy (non-hydrogen) atoms. The van der Waals surface area contributed by atoms with Gasteiger partial charge in [0.25, 0.3) is 0 Å². The third kappa shape index (κ3) is 4.52. The molecule has 152 valence electrons. The van der Waals surface area contributed by atoms with E-state index in [2.05, 4.69) is 9.62 Å². The lowest BCUT2D eigenvalue weighted by atomic mass is 9.85. The molecule has 1 atom stereocenters. The molecule has 0 spiro atoms. The Labute approximate surface area is 180 Å². The van der Waals surface area contributed by atoms with E-state index in [0.29, 0.717) is 28.3 Å². The van der Waals surface area contributed by atoms with E-state index in [-0.39, 0.29) is 22.3 Å². The summed E-state index contributed by atoms with van der Waals surface area (Å²) in [5, 5.41) is 9.98. The van der Waals surface area contributed by atoms with Crippen LogP contribution in [0.1, 0.15) is 18.4 Å². The van der Waals surface area contributed by atoms with E-state index < -0.39 is 10.0 Å². The molecule has 3 saturated heterocycles. The average molecular weight is 452 g/mol. The van der Waals surface area contributed by atoms with Crippen molar-refractivity contribution in [2.24, 2.45) is 5.92 Å². The molecule has 0 saturated carbocycles. The molecule has 9 heteroatoms. The first-order chi connectivity index (χ1) is 13.8. The van der Waals surface area contributed by atoms with Gasteiger partial charge in [0, 0.05) is 22.6 Å². The Kier molecular flexibility index (Phi) is 5.74. The van der Waals surface area contributed by atoms with Gasteiger partial charge >= 0.3 is 0 Å². The highest BCUT2D eigenvalue weighted by Gasteiger charge is 2.37. The Morgan fingerprint density at radius 1 is 1.10 bits per heavy atom. The molecule has 1 N–H and O–H groups in total. The van der Waals surface area contributed by atoms with Gasteiger partial charge in [-0.15, -0.1) is 0 Å². The van der Waals surface area contributed by atoms with Crippen molar-refractivity contribution in [1.82, 2.24) is 9.62 Å². The first kappa shape index (κ1) is 20.5. The van der Waals surface area contributed by atoms with Crippen LogP contribution in [0.15, 0.2) is 41.3 Å². The zero-order chi connectivity index (χ0) is 20.6. The van der Waals surface area contributed by atoms with E-state index in [1.54, 1.807) is 18.2 Å². The first-order valence-corrected chi connectivity index (χ1v) is 11.5. The largest absolute Gasteiger partial charge is 0.456 e. The Morgan fingerprint density at radius 2 is 1.79 bits per heavy atom. The average Bonchev–Trinajstić information content (AvgIpc) is 2.68. The van der Waals surface area contributed by atoms with Crippen LogP contribution in [-0.4, -0.2) is 39.0 Å². The minimum absolute atomic E-state index is 0.0795. The van der Waals surface area contributed by atoms with Crippen LogP contribution in [0.5, 0.6) is 11.5 Å². The molecule has 2 aromatic rings. The third-order valence-corrected chi connectivity index (χ3v) is 7.34. The number of ether oxygens (including phenoxy) is 1. The zero-order valence-corrected chi connectivity index (χ0v) is 17.8. The topological polar surface area (TPSA) is 82.4 Å². The minimum atomic E-state index is -3.90. The van der Waals surface area contributed by atoms with Gasteiger partial charge < -0.3 is 9.64 Å². The molecule has 0 amide bonds. The molecule has 3 aliphatic rings. The second-order valence-electron chi connectivity index (χ2n) is 7.35. The monoisotopic (exact) mass is 451 g/mol. The number of nitriles is 1. The second-order valence-corrected chi connectivity index (χ2v) is 9.90. The summed E-state index contributed by atoms with van der Waals surface area (Å²) in [5.41, 5.74) is 0.232. The molecule has 0 unspecified atom stereocenters. The van der Waals surface area contributed by atoms with Crippen molar-refractivity contribution in [2.75, 3.05) is 19.6 Å². The van der Waals surface area contributed by atoms with Crippen molar-refractivity contribution in [3.8, 4) is 17.6 Å². The standard InChI is InChI=1S/C20H19Cl2N3O3S/c21-15-8-16(22)10-17(9-15)28-19-2-1-13(11-23)7-20(19)29(26,27)24-18-12-25-5-3-14(18)4-6-25/h1-2,7-10,14,18,24H,3-6,12H2/t18-/m0/s1. The molecular weight excluding hydrogens is 433 g/mol. The Bertz CT molecular complexity index is 1060. The molecule has 5 rings (SSSR count). The summed E-state index contributed by atoms with van der Waals surface area (Å²) < 4.78 is 35.1.